The summed E-state index contributed by atoms with van der Waals surface area (Å²) in [6.45, 7) is 2.32. The monoisotopic (exact) mass is 449 g/mol. The fourth-order valence-electron chi connectivity index (χ4n) is 5.71. The molecule has 33 heavy (non-hydrogen) atoms. The number of nitrogens with zero attached hydrogens (tertiary/aromatic N) is 4. The SMILES string of the molecule is NC(=O)c1ccc(-c2cnc(N3CCC[C@@]4(CCN([C@H]5CC[C@@H](O)CC5)C4=O)C3)nc2)cc1. The van der Waals surface area contributed by atoms with Crippen LogP contribution in [-0.4, -0.2) is 63.6 Å². The van der Waals surface area contributed by atoms with Crippen LogP contribution < -0.4 is 10.6 Å². The number of primary amides is 1. The average molecular weight is 450 g/mol. The molecule has 0 bridgehead atoms. The molecule has 8 heteroatoms. The Bertz CT molecular complexity index is 1020. The summed E-state index contributed by atoms with van der Waals surface area (Å²) in [4.78, 5) is 38.2. The highest BCUT2D eigenvalue weighted by molar-refractivity contribution is 5.93. The van der Waals surface area contributed by atoms with E-state index in [4.69, 9.17) is 5.73 Å². The van der Waals surface area contributed by atoms with Crippen molar-refractivity contribution in [3.63, 3.8) is 0 Å². The number of hydrogen-bond donors (Lipinski definition) is 2. The molecule has 5 rings (SSSR count). The Labute approximate surface area is 193 Å². The molecule has 1 saturated carbocycles. The molecule has 2 amide bonds. The summed E-state index contributed by atoms with van der Waals surface area (Å²) in [6.07, 6.45) is 9.50. The number of likely N-dealkylation sites (tertiary alicyclic amines) is 1. The molecule has 1 aromatic heterocycles. The molecule has 2 saturated heterocycles. The Morgan fingerprint density at radius 3 is 2.36 bits per heavy atom. The van der Waals surface area contributed by atoms with Crippen LogP contribution in [0.1, 0.15) is 55.3 Å². The van der Waals surface area contributed by atoms with E-state index in [0.717, 1.165) is 69.2 Å². The number of nitrogens with two attached hydrogens (primary N) is 1. The van der Waals surface area contributed by atoms with Crippen molar-refractivity contribution in [1.29, 1.82) is 0 Å². The van der Waals surface area contributed by atoms with Crippen LogP contribution in [0.3, 0.4) is 0 Å². The van der Waals surface area contributed by atoms with Gasteiger partial charge in [0.1, 0.15) is 0 Å². The number of hydrogen-bond acceptors (Lipinski definition) is 6. The van der Waals surface area contributed by atoms with Crippen molar-refractivity contribution in [1.82, 2.24) is 14.9 Å². The minimum Gasteiger partial charge on any atom is -0.393 e. The number of aromatic nitrogens is 2. The van der Waals surface area contributed by atoms with Crippen molar-refractivity contribution >= 4 is 17.8 Å². The van der Waals surface area contributed by atoms with Gasteiger partial charge in [-0.1, -0.05) is 12.1 Å². The van der Waals surface area contributed by atoms with Crippen molar-refractivity contribution in [2.75, 3.05) is 24.5 Å². The first-order chi connectivity index (χ1) is 15.9. The van der Waals surface area contributed by atoms with Crippen molar-refractivity contribution < 1.29 is 14.7 Å². The molecule has 2 aromatic rings. The number of aliphatic hydroxyl groups excluding tert-OH is 1. The van der Waals surface area contributed by atoms with Gasteiger partial charge in [0.05, 0.1) is 11.5 Å². The van der Waals surface area contributed by atoms with Crippen LogP contribution in [0.5, 0.6) is 0 Å². The lowest BCUT2D eigenvalue weighted by Gasteiger charge is -2.40. The normalized spacial score (nSPS) is 27.8. The maximum atomic E-state index is 13.5. The predicted molar refractivity (Wildman–Crippen MR) is 124 cm³/mol. The molecule has 8 nitrogen and oxygen atoms in total. The summed E-state index contributed by atoms with van der Waals surface area (Å²) >= 11 is 0. The van der Waals surface area contributed by atoms with Crippen LogP contribution >= 0.6 is 0 Å². The van der Waals surface area contributed by atoms with E-state index in [2.05, 4.69) is 19.8 Å². The first kappa shape index (κ1) is 21.8. The van der Waals surface area contributed by atoms with Crippen molar-refractivity contribution in [2.24, 2.45) is 11.1 Å². The lowest BCUT2D eigenvalue weighted by atomic mass is 9.78. The van der Waals surface area contributed by atoms with Crippen LogP contribution in [0.2, 0.25) is 0 Å². The van der Waals surface area contributed by atoms with E-state index in [1.54, 1.807) is 24.5 Å². The summed E-state index contributed by atoms with van der Waals surface area (Å²) < 4.78 is 0. The molecule has 3 fully saturated rings. The Kier molecular flexibility index (Phi) is 5.78. The molecule has 0 unspecified atom stereocenters. The third-order valence-corrected chi connectivity index (χ3v) is 7.65. The Morgan fingerprint density at radius 1 is 1.00 bits per heavy atom. The number of benzene rings is 1. The lowest BCUT2D eigenvalue weighted by molar-refractivity contribution is -0.139. The van der Waals surface area contributed by atoms with Gasteiger partial charge in [-0.05, 0) is 62.6 Å². The van der Waals surface area contributed by atoms with Gasteiger partial charge < -0.3 is 20.6 Å². The molecule has 174 valence electrons. The summed E-state index contributed by atoms with van der Waals surface area (Å²) in [5.41, 5.74) is 7.22. The summed E-state index contributed by atoms with van der Waals surface area (Å²) in [7, 11) is 0. The highest BCUT2D eigenvalue weighted by atomic mass is 16.3. The summed E-state index contributed by atoms with van der Waals surface area (Å²) in [6, 6.07) is 7.34. The van der Waals surface area contributed by atoms with E-state index >= 15 is 0 Å². The van der Waals surface area contributed by atoms with E-state index in [1.807, 2.05) is 12.1 Å². The Hall–Kier alpha value is -3.00. The topological polar surface area (TPSA) is 113 Å². The minimum atomic E-state index is -0.451. The van der Waals surface area contributed by atoms with Crippen LogP contribution in [-0.2, 0) is 4.79 Å². The number of carbonyl (C=O) groups is 2. The maximum absolute atomic E-state index is 13.5. The van der Waals surface area contributed by atoms with E-state index < -0.39 is 5.91 Å². The van der Waals surface area contributed by atoms with Crippen LogP contribution in [0.25, 0.3) is 11.1 Å². The standard InChI is InChI=1S/C25H31N5O3/c26-22(32)18-4-2-17(3-5-18)19-14-27-24(28-15-19)29-12-1-10-25(16-29)11-13-30(23(25)33)20-6-8-21(31)9-7-20/h2-5,14-15,20-21,31H,1,6-13,16H2,(H2,26,32)/t20-,21+,25-/m1/s1. The van der Waals surface area contributed by atoms with E-state index in [-0.39, 0.29) is 23.5 Å². The van der Waals surface area contributed by atoms with Crippen molar-refractivity contribution in [3.05, 3.63) is 42.2 Å². The summed E-state index contributed by atoms with van der Waals surface area (Å²) in [5.74, 6) is 0.478. The van der Waals surface area contributed by atoms with Gasteiger partial charge in [0.2, 0.25) is 17.8 Å². The molecule has 1 aliphatic carbocycles. The lowest BCUT2D eigenvalue weighted by Crippen LogP contribution is -2.50. The predicted octanol–water partition coefficient (Wildman–Crippen LogP) is 2.36. The third-order valence-electron chi connectivity index (χ3n) is 7.65. The molecule has 3 N–H and O–H groups in total. The number of anilines is 1. The second kappa shape index (κ2) is 8.74. The fraction of sp³-hybridized carbons (Fsp3) is 0.520. The van der Waals surface area contributed by atoms with Crippen molar-refractivity contribution in [3.8, 4) is 11.1 Å². The fourth-order valence-corrected chi connectivity index (χ4v) is 5.71. The van der Waals surface area contributed by atoms with Gasteiger partial charge in [-0.15, -0.1) is 0 Å². The maximum Gasteiger partial charge on any atom is 0.248 e. The first-order valence-electron chi connectivity index (χ1n) is 11.9. The highest BCUT2D eigenvalue weighted by Crippen LogP contribution is 2.43. The molecule has 1 aromatic carbocycles. The number of carbonyl (C=O) groups excluding carboxylic acids is 2. The van der Waals surface area contributed by atoms with Gasteiger partial charge >= 0.3 is 0 Å². The average Bonchev–Trinajstić information content (AvgIpc) is 3.15. The molecule has 3 heterocycles. The second-order valence-corrected chi connectivity index (χ2v) is 9.73. The summed E-state index contributed by atoms with van der Waals surface area (Å²) in [5, 5.41) is 9.82. The highest BCUT2D eigenvalue weighted by Gasteiger charge is 2.51. The number of rotatable bonds is 4. The first-order valence-corrected chi connectivity index (χ1v) is 11.9. The molecular weight excluding hydrogens is 418 g/mol. The number of piperidine rings is 1. The minimum absolute atomic E-state index is 0.209. The molecular formula is C25H31N5O3. The van der Waals surface area contributed by atoms with Gasteiger partial charge in [-0.25, -0.2) is 9.97 Å². The van der Waals surface area contributed by atoms with Crippen LogP contribution in [0, 0.1) is 5.41 Å². The van der Waals surface area contributed by atoms with Gasteiger partial charge in [0.15, 0.2) is 0 Å². The van der Waals surface area contributed by atoms with E-state index in [9.17, 15) is 14.7 Å². The van der Waals surface area contributed by atoms with Gasteiger partial charge in [-0.3, -0.25) is 9.59 Å². The third kappa shape index (κ3) is 4.19. The molecule has 0 radical (unpaired) electrons. The Morgan fingerprint density at radius 2 is 1.70 bits per heavy atom. The zero-order chi connectivity index (χ0) is 23.0. The van der Waals surface area contributed by atoms with Gasteiger partial charge in [0.25, 0.3) is 0 Å². The molecule has 3 aliphatic rings. The quantitative estimate of drug-likeness (QED) is 0.741. The second-order valence-electron chi connectivity index (χ2n) is 9.73. The van der Waals surface area contributed by atoms with Gasteiger partial charge in [-0.2, -0.15) is 0 Å². The zero-order valence-corrected chi connectivity index (χ0v) is 18.8. The Balaban J connectivity index is 1.28. The van der Waals surface area contributed by atoms with Gasteiger partial charge in [0, 0.05) is 49.2 Å². The molecule has 2 aliphatic heterocycles. The van der Waals surface area contributed by atoms with E-state index in [0.29, 0.717) is 18.1 Å². The van der Waals surface area contributed by atoms with Crippen molar-refractivity contribution in [2.45, 2.75) is 57.1 Å². The van der Waals surface area contributed by atoms with E-state index in [1.165, 1.54) is 0 Å². The molecule has 1 atom stereocenters. The molecule has 1 spiro atoms. The van der Waals surface area contributed by atoms with Crippen LogP contribution in [0.15, 0.2) is 36.7 Å². The zero-order valence-electron chi connectivity index (χ0n) is 18.8. The van der Waals surface area contributed by atoms with Crippen LogP contribution in [0.4, 0.5) is 5.95 Å². The smallest absolute Gasteiger partial charge is 0.248 e. The number of amides is 2. The number of aliphatic hydroxyl groups is 1. The largest absolute Gasteiger partial charge is 0.393 e.